The number of nitrogens with one attached hydrogen (secondary N) is 2. The minimum Gasteiger partial charge on any atom is -0.389 e. The first-order valence-electron chi connectivity index (χ1n) is 7.43. The SMILES string of the molecule is CSC1(CNC(=O)Nc2cccc(C(C)O)c2)CCCC1. The van der Waals surface area contributed by atoms with Gasteiger partial charge in [0.05, 0.1) is 6.10 Å². The molecule has 3 N–H and O–H groups in total. The molecule has 1 unspecified atom stereocenters. The van der Waals surface area contributed by atoms with Crippen molar-refractivity contribution in [3.63, 3.8) is 0 Å². The van der Waals surface area contributed by atoms with Crippen LogP contribution in [0.15, 0.2) is 24.3 Å². The number of amides is 2. The molecular weight excluding hydrogens is 284 g/mol. The van der Waals surface area contributed by atoms with Gasteiger partial charge in [-0.3, -0.25) is 0 Å². The molecule has 0 radical (unpaired) electrons. The van der Waals surface area contributed by atoms with Gasteiger partial charge in [0, 0.05) is 17.0 Å². The van der Waals surface area contributed by atoms with Gasteiger partial charge in [-0.1, -0.05) is 25.0 Å². The second kappa shape index (κ2) is 7.18. The molecule has 1 aliphatic rings. The summed E-state index contributed by atoms with van der Waals surface area (Å²) in [6, 6.07) is 7.11. The Labute approximate surface area is 130 Å². The van der Waals surface area contributed by atoms with Crippen molar-refractivity contribution in [2.24, 2.45) is 0 Å². The zero-order valence-corrected chi connectivity index (χ0v) is 13.5. The molecule has 116 valence electrons. The van der Waals surface area contributed by atoms with Crippen LogP contribution in [0.3, 0.4) is 0 Å². The molecule has 2 amide bonds. The van der Waals surface area contributed by atoms with E-state index in [1.54, 1.807) is 13.0 Å². The highest BCUT2D eigenvalue weighted by atomic mass is 32.2. The molecule has 1 aliphatic carbocycles. The summed E-state index contributed by atoms with van der Waals surface area (Å²) in [6.45, 7) is 2.41. The first-order chi connectivity index (χ1) is 10.0. The largest absolute Gasteiger partial charge is 0.389 e. The van der Waals surface area contributed by atoms with E-state index in [9.17, 15) is 9.90 Å². The Morgan fingerprint density at radius 3 is 2.76 bits per heavy atom. The van der Waals surface area contributed by atoms with Crippen molar-refractivity contribution in [1.29, 1.82) is 0 Å². The Morgan fingerprint density at radius 1 is 1.43 bits per heavy atom. The van der Waals surface area contributed by atoms with Gasteiger partial charge in [-0.25, -0.2) is 4.79 Å². The van der Waals surface area contributed by atoms with Crippen LogP contribution >= 0.6 is 11.8 Å². The van der Waals surface area contributed by atoms with E-state index in [2.05, 4.69) is 16.9 Å². The van der Waals surface area contributed by atoms with E-state index >= 15 is 0 Å². The topological polar surface area (TPSA) is 61.4 Å². The molecule has 5 heteroatoms. The van der Waals surface area contributed by atoms with E-state index in [0.717, 1.165) is 5.56 Å². The summed E-state index contributed by atoms with van der Waals surface area (Å²) in [5.41, 5.74) is 1.50. The van der Waals surface area contributed by atoms with Crippen LogP contribution < -0.4 is 10.6 Å². The van der Waals surface area contributed by atoms with E-state index in [1.807, 2.05) is 30.0 Å². The van der Waals surface area contributed by atoms with Crippen LogP contribution in [0.2, 0.25) is 0 Å². The van der Waals surface area contributed by atoms with Gasteiger partial charge in [-0.2, -0.15) is 11.8 Å². The summed E-state index contributed by atoms with van der Waals surface area (Å²) in [4.78, 5) is 12.0. The molecule has 0 aliphatic heterocycles. The van der Waals surface area contributed by atoms with Gasteiger partial charge in [-0.05, 0) is 43.7 Å². The molecule has 0 heterocycles. The molecule has 1 fully saturated rings. The zero-order valence-electron chi connectivity index (χ0n) is 12.7. The lowest BCUT2D eigenvalue weighted by molar-refractivity contribution is 0.199. The fraction of sp³-hybridized carbons (Fsp3) is 0.562. The van der Waals surface area contributed by atoms with E-state index in [0.29, 0.717) is 12.2 Å². The molecule has 0 spiro atoms. The third-order valence-corrected chi connectivity index (χ3v) is 5.56. The van der Waals surface area contributed by atoms with E-state index in [-0.39, 0.29) is 10.8 Å². The van der Waals surface area contributed by atoms with Gasteiger partial charge in [0.15, 0.2) is 0 Å². The number of aliphatic hydroxyl groups excluding tert-OH is 1. The predicted octanol–water partition coefficient (Wildman–Crippen LogP) is 3.54. The molecule has 1 aromatic rings. The summed E-state index contributed by atoms with van der Waals surface area (Å²) in [7, 11) is 0. The third-order valence-electron chi connectivity index (χ3n) is 4.15. The van der Waals surface area contributed by atoms with Crippen molar-refractivity contribution in [1.82, 2.24) is 5.32 Å². The van der Waals surface area contributed by atoms with Crippen LogP contribution in [-0.4, -0.2) is 28.7 Å². The Morgan fingerprint density at radius 2 is 2.14 bits per heavy atom. The number of rotatable bonds is 5. The summed E-state index contributed by atoms with van der Waals surface area (Å²) in [6.07, 6.45) is 6.43. The summed E-state index contributed by atoms with van der Waals surface area (Å²) >= 11 is 1.86. The third kappa shape index (κ3) is 4.38. The van der Waals surface area contributed by atoms with Gasteiger partial charge in [0.25, 0.3) is 0 Å². The number of hydrogen-bond donors (Lipinski definition) is 3. The van der Waals surface area contributed by atoms with Crippen molar-refractivity contribution < 1.29 is 9.90 Å². The van der Waals surface area contributed by atoms with Crippen LogP contribution in [0.25, 0.3) is 0 Å². The van der Waals surface area contributed by atoms with E-state index in [1.165, 1.54) is 25.7 Å². The van der Waals surface area contributed by atoms with Crippen LogP contribution in [0.5, 0.6) is 0 Å². The maximum absolute atomic E-state index is 12.0. The maximum Gasteiger partial charge on any atom is 0.319 e. The van der Waals surface area contributed by atoms with Crippen molar-refractivity contribution in [2.75, 3.05) is 18.1 Å². The van der Waals surface area contributed by atoms with Gasteiger partial charge in [0.1, 0.15) is 0 Å². The van der Waals surface area contributed by atoms with Crippen LogP contribution in [0, 0.1) is 0 Å². The minimum atomic E-state index is -0.534. The highest BCUT2D eigenvalue weighted by Crippen LogP contribution is 2.39. The smallest absolute Gasteiger partial charge is 0.319 e. The molecule has 4 nitrogen and oxygen atoms in total. The molecule has 1 aromatic carbocycles. The number of hydrogen-bond acceptors (Lipinski definition) is 3. The van der Waals surface area contributed by atoms with Crippen molar-refractivity contribution in [2.45, 2.75) is 43.5 Å². The summed E-state index contributed by atoms with van der Waals surface area (Å²) in [5, 5.41) is 15.4. The quantitative estimate of drug-likeness (QED) is 0.779. The Kier molecular flexibility index (Phi) is 5.53. The lowest BCUT2D eigenvalue weighted by Gasteiger charge is -2.26. The first-order valence-corrected chi connectivity index (χ1v) is 8.65. The lowest BCUT2D eigenvalue weighted by atomic mass is 10.1. The van der Waals surface area contributed by atoms with Crippen LogP contribution in [-0.2, 0) is 0 Å². The van der Waals surface area contributed by atoms with E-state index < -0.39 is 6.10 Å². The number of thioether (sulfide) groups is 1. The van der Waals surface area contributed by atoms with Crippen molar-refractivity contribution >= 4 is 23.5 Å². The number of carbonyl (C=O) groups is 1. The molecule has 21 heavy (non-hydrogen) atoms. The molecule has 0 aromatic heterocycles. The Hall–Kier alpha value is -1.20. The molecular formula is C16H24N2O2S. The Bertz CT molecular complexity index is 485. The number of anilines is 1. The Balaban J connectivity index is 1.88. The predicted molar refractivity (Wildman–Crippen MR) is 88.8 cm³/mol. The molecule has 2 rings (SSSR count). The van der Waals surface area contributed by atoms with Crippen molar-refractivity contribution in [3.8, 4) is 0 Å². The molecule has 0 bridgehead atoms. The summed E-state index contributed by atoms with van der Waals surface area (Å²) in [5.74, 6) is 0. The fourth-order valence-electron chi connectivity index (χ4n) is 2.77. The monoisotopic (exact) mass is 308 g/mol. The molecule has 0 saturated heterocycles. The molecule has 1 atom stereocenters. The normalized spacial score (nSPS) is 18.2. The highest BCUT2D eigenvalue weighted by Gasteiger charge is 2.33. The minimum absolute atomic E-state index is 0.182. The second-order valence-electron chi connectivity index (χ2n) is 5.70. The van der Waals surface area contributed by atoms with Gasteiger partial charge >= 0.3 is 6.03 Å². The maximum atomic E-state index is 12.0. The van der Waals surface area contributed by atoms with Gasteiger partial charge in [-0.15, -0.1) is 0 Å². The average Bonchev–Trinajstić information content (AvgIpc) is 2.95. The highest BCUT2D eigenvalue weighted by molar-refractivity contribution is 8.00. The standard InChI is InChI=1S/C16H24N2O2S/c1-12(19)13-6-5-7-14(10-13)18-15(20)17-11-16(21-2)8-3-4-9-16/h5-7,10,12,19H,3-4,8-9,11H2,1-2H3,(H2,17,18,20). The van der Waals surface area contributed by atoms with Gasteiger partial charge in [0.2, 0.25) is 0 Å². The van der Waals surface area contributed by atoms with E-state index in [4.69, 9.17) is 0 Å². The number of benzene rings is 1. The second-order valence-corrected chi connectivity index (χ2v) is 6.98. The first kappa shape index (κ1) is 16.2. The number of aliphatic hydroxyl groups is 1. The van der Waals surface area contributed by atoms with Crippen molar-refractivity contribution in [3.05, 3.63) is 29.8 Å². The molecule has 1 saturated carbocycles. The lowest BCUT2D eigenvalue weighted by Crippen LogP contribution is -2.40. The number of urea groups is 1. The van der Waals surface area contributed by atoms with Crippen LogP contribution in [0.4, 0.5) is 10.5 Å². The summed E-state index contributed by atoms with van der Waals surface area (Å²) < 4.78 is 0.207. The van der Waals surface area contributed by atoms with Gasteiger partial charge < -0.3 is 15.7 Å². The van der Waals surface area contributed by atoms with Crippen LogP contribution in [0.1, 0.15) is 44.3 Å². The fourth-order valence-corrected chi connectivity index (χ4v) is 3.68. The zero-order chi connectivity index (χ0) is 15.3. The average molecular weight is 308 g/mol. The number of carbonyl (C=O) groups excluding carboxylic acids is 1.